The summed E-state index contributed by atoms with van der Waals surface area (Å²) in [6.07, 6.45) is 2.51. The second kappa shape index (κ2) is 5.73. The normalized spacial score (nSPS) is 11.5. The Bertz CT molecular complexity index is 1140. The summed E-state index contributed by atoms with van der Waals surface area (Å²) in [4.78, 5) is 17.5. The van der Waals surface area contributed by atoms with Crippen LogP contribution in [0.15, 0.2) is 35.4 Å². The van der Waals surface area contributed by atoms with Crippen molar-refractivity contribution in [3.63, 3.8) is 0 Å². The molecule has 0 aliphatic carbocycles. The van der Waals surface area contributed by atoms with Crippen molar-refractivity contribution in [1.29, 1.82) is 0 Å². The largest absolute Gasteiger partial charge is 0.496 e. The Kier molecular flexibility index (Phi) is 3.52. The zero-order valence-electron chi connectivity index (χ0n) is 14.3. The molecule has 0 saturated carbocycles. The number of nitrogens with zero attached hydrogens (tertiary/aromatic N) is 6. The van der Waals surface area contributed by atoms with Crippen molar-refractivity contribution in [2.45, 2.75) is 19.9 Å². The van der Waals surface area contributed by atoms with E-state index in [2.05, 4.69) is 15.2 Å². The Morgan fingerprint density at radius 1 is 1.16 bits per heavy atom. The van der Waals surface area contributed by atoms with Crippen molar-refractivity contribution in [2.75, 3.05) is 7.11 Å². The number of aromatic nitrogens is 6. The van der Waals surface area contributed by atoms with Gasteiger partial charge in [-0.25, -0.2) is 14.2 Å². The highest BCUT2D eigenvalue weighted by molar-refractivity contribution is 5.87. The van der Waals surface area contributed by atoms with Crippen molar-refractivity contribution in [3.05, 3.63) is 41.1 Å². The Labute approximate surface area is 143 Å². The number of hydrogen-bond donors (Lipinski definition) is 0. The zero-order valence-corrected chi connectivity index (χ0v) is 14.3. The first-order valence-corrected chi connectivity index (χ1v) is 8.09. The molecule has 1 aromatic carbocycles. The maximum atomic E-state index is 13.2. The molecule has 0 amide bonds. The van der Waals surface area contributed by atoms with Crippen molar-refractivity contribution in [1.82, 2.24) is 28.7 Å². The number of para-hydroxylation sites is 1. The Morgan fingerprint density at radius 3 is 2.72 bits per heavy atom. The summed E-state index contributed by atoms with van der Waals surface area (Å²) in [5, 5.41) is 8.56. The fourth-order valence-corrected chi connectivity index (χ4v) is 3.13. The van der Waals surface area contributed by atoms with E-state index in [0.29, 0.717) is 29.4 Å². The van der Waals surface area contributed by atoms with Crippen LogP contribution in [0.25, 0.3) is 28.2 Å². The van der Waals surface area contributed by atoms with E-state index in [-0.39, 0.29) is 5.69 Å². The highest BCUT2D eigenvalue weighted by Crippen LogP contribution is 2.29. The molecule has 0 aliphatic heterocycles. The second-order valence-corrected chi connectivity index (χ2v) is 5.84. The molecule has 0 radical (unpaired) electrons. The summed E-state index contributed by atoms with van der Waals surface area (Å²) >= 11 is 0. The van der Waals surface area contributed by atoms with Crippen LogP contribution < -0.4 is 10.4 Å². The quantitative estimate of drug-likeness (QED) is 0.567. The van der Waals surface area contributed by atoms with Crippen molar-refractivity contribution < 1.29 is 4.74 Å². The highest BCUT2D eigenvalue weighted by Gasteiger charge is 2.21. The van der Waals surface area contributed by atoms with Gasteiger partial charge in [-0.05, 0) is 18.6 Å². The number of rotatable bonds is 4. The predicted octanol–water partition coefficient (Wildman–Crippen LogP) is 1.86. The van der Waals surface area contributed by atoms with Gasteiger partial charge in [-0.3, -0.25) is 4.57 Å². The minimum Gasteiger partial charge on any atom is -0.496 e. The number of ether oxygens (including phenoxy) is 1. The Morgan fingerprint density at radius 2 is 1.96 bits per heavy atom. The van der Waals surface area contributed by atoms with Gasteiger partial charge in [0.1, 0.15) is 11.3 Å². The van der Waals surface area contributed by atoms with E-state index in [1.807, 2.05) is 42.8 Å². The van der Waals surface area contributed by atoms with Crippen LogP contribution in [0.1, 0.15) is 13.3 Å². The molecule has 0 aliphatic rings. The summed E-state index contributed by atoms with van der Waals surface area (Å²) in [6, 6.07) is 7.46. The van der Waals surface area contributed by atoms with Crippen LogP contribution in [-0.2, 0) is 13.6 Å². The second-order valence-electron chi connectivity index (χ2n) is 5.84. The van der Waals surface area contributed by atoms with Crippen molar-refractivity contribution in [2.24, 2.45) is 7.05 Å². The van der Waals surface area contributed by atoms with Gasteiger partial charge in [0.05, 0.1) is 19.0 Å². The third-order valence-electron chi connectivity index (χ3n) is 4.27. The van der Waals surface area contributed by atoms with Crippen molar-refractivity contribution in [3.8, 4) is 17.1 Å². The van der Waals surface area contributed by atoms with Crippen molar-refractivity contribution >= 4 is 16.8 Å². The lowest BCUT2D eigenvalue weighted by molar-refractivity contribution is 0.416. The van der Waals surface area contributed by atoms with Crippen LogP contribution in [0, 0.1) is 0 Å². The summed E-state index contributed by atoms with van der Waals surface area (Å²) in [6.45, 7) is 2.60. The zero-order chi connectivity index (χ0) is 17.6. The van der Waals surface area contributed by atoms with E-state index < -0.39 is 0 Å². The van der Waals surface area contributed by atoms with Gasteiger partial charge >= 0.3 is 5.69 Å². The molecule has 25 heavy (non-hydrogen) atoms. The lowest BCUT2D eigenvalue weighted by Gasteiger charge is -2.09. The molecule has 3 heterocycles. The van der Waals surface area contributed by atoms with Crippen LogP contribution in [0.4, 0.5) is 0 Å². The summed E-state index contributed by atoms with van der Waals surface area (Å²) in [5.74, 6) is 1.11. The van der Waals surface area contributed by atoms with Gasteiger partial charge in [-0.2, -0.15) is 0 Å². The van der Waals surface area contributed by atoms with Gasteiger partial charge in [0.15, 0.2) is 17.1 Å². The number of aryl methyl sites for hydroxylation is 2. The molecule has 8 heteroatoms. The van der Waals surface area contributed by atoms with Gasteiger partial charge in [0.2, 0.25) is 0 Å². The molecule has 8 nitrogen and oxygen atoms in total. The lowest BCUT2D eigenvalue weighted by atomic mass is 10.2. The molecule has 0 N–H and O–H groups in total. The molecule has 3 aromatic heterocycles. The van der Waals surface area contributed by atoms with E-state index in [1.54, 1.807) is 18.0 Å². The maximum Gasteiger partial charge on any atom is 0.337 e. The van der Waals surface area contributed by atoms with E-state index in [4.69, 9.17) is 4.74 Å². The fraction of sp³-hybridized carbons (Fsp3) is 0.294. The molecular weight excluding hydrogens is 320 g/mol. The van der Waals surface area contributed by atoms with Crippen LogP contribution in [0.5, 0.6) is 5.75 Å². The van der Waals surface area contributed by atoms with Gasteiger partial charge in [0, 0.05) is 13.6 Å². The number of fused-ring (bicyclic) bond motifs is 3. The molecule has 0 spiro atoms. The molecule has 128 valence electrons. The van der Waals surface area contributed by atoms with Gasteiger partial charge in [-0.1, -0.05) is 19.1 Å². The number of hydrogen-bond acceptors (Lipinski definition) is 5. The standard InChI is InChI=1S/C17H18N6O2/c1-4-9-22-15-13(21(2)10-18-15)16-20-19-14(23(16)17(22)24)11-7-5-6-8-12(11)25-3/h5-8,10H,4,9H2,1-3H3. The number of methoxy groups -OCH3 is 1. The molecule has 0 fully saturated rings. The molecule has 0 saturated heterocycles. The van der Waals surface area contributed by atoms with Crippen LogP contribution in [-0.4, -0.2) is 35.8 Å². The third kappa shape index (κ3) is 2.14. The van der Waals surface area contributed by atoms with E-state index >= 15 is 0 Å². The van der Waals surface area contributed by atoms with Crippen LogP contribution in [0.2, 0.25) is 0 Å². The maximum absolute atomic E-state index is 13.2. The number of benzene rings is 1. The molecule has 0 bridgehead atoms. The molecule has 4 aromatic rings. The summed E-state index contributed by atoms with van der Waals surface area (Å²) < 4.78 is 10.5. The molecule has 0 atom stereocenters. The van der Waals surface area contributed by atoms with E-state index in [0.717, 1.165) is 17.5 Å². The lowest BCUT2D eigenvalue weighted by Crippen LogP contribution is -2.28. The average molecular weight is 338 g/mol. The topological polar surface area (TPSA) is 79.2 Å². The monoisotopic (exact) mass is 338 g/mol. The molecule has 4 rings (SSSR count). The fourth-order valence-electron chi connectivity index (χ4n) is 3.13. The SMILES string of the molecule is CCCn1c(=O)n2c(-c3ccccc3OC)nnc2c2c1ncn2C. The molecular formula is C17H18N6O2. The van der Waals surface area contributed by atoms with Gasteiger partial charge in [-0.15, -0.1) is 10.2 Å². The van der Waals surface area contributed by atoms with Gasteiger partial charge < -0.3 is 9.30 Å². The van der Waals surface area contributed by atoms with Crippen LogP contribution in [0.3, 0.4) is 0 Å². The highest BCUT2D eigenvalue weighted by atomic mass is 16.5. The smallest absolute Gasteiger partial charge is 0.337 e. The first kappa shape index (κ1) is 15.4. The predicted molar refractivity (Wildman–Crippen MR) is 93.8 cm³/mol. The Hall–Kier alpha value is -3.16. The molecule has 0 unspecified atom stereocenters. The average Bonchev–Trinajstić information content (AvgIpc) is 3.22. The van der Waals surface area contributed by atoms with E-state index in [9.17, 15) is 4.79 Å². The minimum absolute atomic E-state index is 0.200. The number of imidazole rings is 1. The van der Waals surface area contributed by atoms with Crippen LogP contribution >= 0.6 is 0 Å². The van der Waals surface area contributed by atoms with E-state index in [1.165, 1.54) is 4.40 Å². The van der Waals surface area contributed by atoms with Gasteiger partial charge in [0.25, 0.3) is 0 Å². The third-order valence-corrected chi connectivity index (χ3v) is 4.27. The first-order chi connectivity index (χ1) is 12.2. The summed E-state index contributed by atoms with van der Waals surface area (Å²) in [5.41, 5.74) is 2.42. The first-order valence-electron chi connectivity index (χ1n) is 8.09. The Balaban J connectivity index is 2.16. The summed E-state index contributed by atoms with van der Waals surface area (Å²) in [7, 11) is 3.48. The minimum atomic E-state index is -0.200.